The van der Waals surface area contributed by atoms with Crippen LogP contribution < -0.4 is 5.32 Å². The summed E-state index contributed by atoms with van der Waals surface area (Å²) in [5, 5.41) is 3.25. The highest BCUT2D eigenvalue weighted by atomic mass is 32.2. The number of carbonyl (C=O) groups excluding carboxylic acids is 1. The normalized spacial score (nSPS) is 17.5. The molecule has 1 N–H and O–H groups in total. The number of alkyl halides is 6. The van der Waals surface area contributed by atoms with Crippen molar-refractivity contribution >= 4 is 23.2 Å². The molecule has 2 aromatic rings. The molecule has 39 heavy (non-hydrogen) atoms. The first kappa shape index (κ1) is 29.3. The molecule has 0 unspecified atom stereocenters. The molecule has 0 radical (unpaired) electrons. The van der Waals surface area contributed by atoms with Crippen LogP contribution in [0.4, 0.5) is 32.0 Å². The Morgan fingerprint density at radius 3 is 2.28 bits per heavy atom. The summed E-state index contributed by atoms with van der Waals surface area (Å²) in [7, 11) is 0. The fourth-order valence-electron chi connectivity index (χ4n) is 4.45. The largest absolute Gasteiger partial charge is 0.418 e. The number of anilines is 1. The second kappa shape index (κ2) is 12.6. The zero-order valence-electron chi connectivity index (χ0n) is 20.9. The number of nitrogens with zero attached hydrogens (tertiary/aromatic N) is 1. The monoisotopic (exact) mass is 574 g/mol. The molecule has 2 fully saturated rings. The van der Waals surface area contributed by atoms with Gasteiger partial charge in [-0.1, -0.05) is 17.8 Å². The number of ether oxygens (including phenoxy) is 2. The van der Waals surface area contributed by atoms with Gasteiger partial charge >= 0.3 is 12.4 Å². The Balaban J connectivity index is 1.62. The van der Waals surface area contributed by atoms with Gasteiger partial charge in [-0.2, -0.15) is 26.3 Å². The molecule has 0 aliphatic carbocycles. The summed E-state index contributed by atoms with van der Waals surface area (Å²) in [4.78, 5) is 14.1. The van der Waals surface area contributed by atoms with Crippen LogP contribution >= 0.6 is 11.8 Å². The molecular formula is C27H28F6N2O3S. The lowest BCUT2D eigenvalue weighted by Crippen LogP contribution is -2.32. The van der Waals surface area contributed by atoms with Crippen molar-refractivity contribution in [1.82, 2.24) is 4.90 Å². The Morgan fingerprint density at radius 1 is 0.949 bits per heavy atom. The minimum absolute atomic E-state index is 0.330. The third-order valence-corrected chi connectivity index (χ3v) is 7.53. The summed E-state index contributed by atoms with van der Waals surface area (Å²) in [6.07, 6.45) is -6.81. The quantitative estimate of drug-likeness (QED) is 0.214. The third kappa shape index (κ3) is 7.92. The highest BCUT2D eigenvalue weighted by Gasteiger charge is 2.47. The first-order valence-corrected chi connectivity index (χ1v) is 13.3. The van der Waals surface area contributed by atoms with Gasteiger partial charge in [0, 0.05) is 66.2 Å². The number of ketones is 1. The average molecular weight is 575 g/mol. The fraction of sp³-hybridized carbons (Fsp3) is 0.444. The Morgan fingerprint density at radius 2 is 1.62 bits per heavy atom. The molecule has 0 aromatic heterocycles. The molecule has 0 bridgehead atoms. The van der Waals surface area contributed by atoms with Crippen molar-refractivity contribution in [3.05, 3.63) is 65.4 Å². The first-order valence-electron chi connectivity index (χ1n) is 12.5. The van der Waals surface area contributed by atoms with Crippen molar-refractivity contribution in [2.75, 3.05) is 51.4 Å². The summed E-state index contributed by atoms with van der Waals surface area (Å²) >= 11 is 0.572. The molecule has 12 heteroatoms. The second-order valence-electron chi connectivity index (χ2n) is 9.25. The predicted molar refractivity (Wildman–Crippen MR) is 135 cm³/mol. The Kier molecular flexibility index (Phi) is 9.50. The zero-order chi connectivity index (χ0) is 28.0. The highest BCUT2D eigenvalue weighted by Crippen LogP contribution is 2.48. The molecule has 2 saturated heterocycles. The topological polar surface area (TPSA) is 50.8 Å². The van der Waals surface area contributed by atoms with Crippen molar-refractivity contribution in [2.45, 2.75) is 35.0 Å². The Hall–Kier alpha value is -2.70. The average Bonchev–Trinajstić information content (AvgIpc) is 2.90. The number of benzene rings is 2. The third-order valence-electron chi connectivity index (χ3n) is 6.48. The van der Waals surface area contributed by atoms with Gasteiger partial charge in [-0.15, -0.1) is 0 Å². The maximum absolute atomic E-state index is 14.2. The molecular weight excluding hydrogens is 546 g/mol. The van der Waals surface area contributed by atoms with Gasteiger partial charge in [0.05, 0.1) is 24.3 Å². The van der Waals surface area contributed by atoms with Crippen LogP contribution in [-0.4, -0.2) is 56.7 Å². The summed E-state index contributed by atoms with van der Waals surface area (Å²) in [5.74, 6) is -0.765. The number of nitrogens with one attached hydrogen (secondary N) is 1. The number of halogens is 6. The molecule has 0 saturated carbocycles. The van der Waals surface area contributed by atoms with E-state index in [1.807, 2.05) is 0 Å². The summed E-state index contributed by atoms with van der Waals surface area (Å²) in [5.41, 5.74) is -4.25. The highest BCUT2D eigenvalue weighted by molar-refractivity contribution is 7.99. The minimum atomic E-state index is -5.41. The number of carbonyl (C=O) groups is 1. The number of hydrogen-bond acceptors (Lipinski definition) is 6. The summed E-state index contributed by atoms with van der Waals surface area (Å²) in [6.45, 7) is 3.59. The Bertz CT molecular complexity index is 1170. The van der Waals surface area contributed by atoms with Crippen molar-refractivity contribution in [3.8, 4) is 0 Å². The van der Waals surface area contributed by atoms with E-state index in [2.05, 4.69) is 5.32 Å². The minimum Gasteiger partial charge on any atom is -0.385 e. The van der Waals surface area contributed by atoms with Crippen LogP contribution in [0.5, 0.6) is 0 Å². The second-order valence-corrected chi connectivity index (χ2v) is 10.4. The number of allylic oxidation sites excluding steroid dienone is 1. The van der Waals surface area contributed by atoms with E-state index >= 15 is 0 Å². The lowest BCUT2D eigenvalue weighted by atomic mass is 9.96. The van der Waals surface area contributed by atoms with Gasteiger partial charge in [-0.3, -0.25) is 4.79 Å². The van der Waals surface area contributed by atoms with E-state index in [4.69, 9.17) is 9.47 Å². The van der Waals surface area contributed by atoms with Crippen LogP contribution in [0.1, 0.15) is 34.3 Å². The predicted octanol–water partition coefficient (Wildman–Crippen LogP) is 6.74. The molecule has 2 aliphatic rings. The SMILES string of the molecule is O=C(C=CN1CCOCC1)c1ccc(Sc2cccc(NCC3CCOCC3)c2)c(C(F)(F)F)c1C(F)(F)F. The number of morpholine rings is 1. The Labute approximate surface area is 226 Å². The van der Waals surface area contributed by atoms with Gasteiger partial charge in [0.2, 0.25) is 0 Å². The molecule has 0 amide bonds. The standard InChI is InChI=1S/C27H28F6N2O3S/c28-26(29,30)24-21(22(36)6-9-35-10-14-38-15-11-35)4-5-23(25(24)27(31,32)33)39-20-3-1-2-19(16-20)34-17-18-7-12-37-13-8-18/h1-6,9,16,18,34H,7-8,10-15,17H2. The maximum Gasteiger partial charge on any atom is 0.418 e. The van der Waals surface area contributed by atoms with Gasteiger partial charge in [-0.25, -0.2) is 0 Å². The number of rotatable bonds is 8. The van der Waals surface area contributed by atoms with Gasteiger partial charge in [-0.05, 0) is 49.1 Å². The first-order chi connectivity index (χ1) is 18.5. The molecule has 5 nitrogen and oxygen atoms in total. The van der Waals surface area contributed by atoms with Crippen molar-refractivity contribution in [3.63, 3.8) is 0 Å². The van der Waals surface area contributed by atoms with Crippen LogP contribution in [-0.2, 0) is 21.8 Å². The lowest BCUT2D eigenvalue weighted by molar-refractivity contribution is -0.163. The van der Waals surface area contributed by atoms with Crippen LogP contribution in [0.2, 0.25) is 0 Å². The van der Waals surface area contributed by atoms with Crippen LogP contribution in [0.3, 0.4) is 0 Å². The van der Waals surface area contributed by atoms with E-state index < -0.39 is 39.7 Å². The molecule has 4 rings (SSSR count). The van der Waals surface area contributed by atoms with Crippen LogP contribution in [0, 0.1) is 5.92 Å². The molecule has 2 aromatic carbocycles. The zero-order valence-corrected chi connectivity index (χ0v) is 21.7. The van der Waals surface area contributed by atoms with E-state index in [9.17, 15) is 31.1 Å². The number of hydrogen-bond donors (Lipinski definition) is 1. The van der Waals surface area contributed by atoms with E-state index in [0.717, 1.165) is 31.1 Å². The van der Waals surface area contributed by atoms with Crippen molar-refractivity contribution < 1.29 is 40.6 Å². The smallest absolute Gasteiger partial charge is 0.385 e. The van der Waals surface area contributed by atoms with Crippen molar-refractivity contribution in [2.24, 2.45) is 5.92 Å². The lowest BCUT2D eigenvalue weighted by Gasteiger charge is -2.25. The van der Waals surface area contributed by atoms with E-state index in [-0.39, 0.29) is 0 Å². The van der Waals surface area contributed by atoms with E-state index in [1.54, 1.807) is 23.1 Å². The van der Waals surface area contributed by atoms with Gasteiger partial charge in [0.15, 0.2) is 5.78 Å². The van der Waals surface area contributed by atoms with Crippen LogP contribution in [0.15, 0.2) is 58.5 Å². The molecule has 0 spiro atoms. The summed E-state index contributed by atoms with van der Waals surface area (Å²) in [6, 6.07) is 8.25. The summed E-state index contributed by atoms with van der Waals surface area (Å²) < 4.78 is 95.4. The molecule has 0 atom stereocenters. The van der Waals surface area contributed by atoms with Gasteiger partial charge < -0.3 is 19.7 Å². The molecule has 212 valence electrons. The molecule has 2 aliphatic heterocycles. The van der Waals surface area contributed by atoms with Gasteiger partial charge in [0.25, 0.3) is 0 Å². The molecule has 2 heterocycles. The van der Waals surface area contributed by atoms with Crippen molar-refractivity contribution in [1.29, 1.82) is 0 Å². The maximum atomic E-state index is 14.2. The van der Waals surface area contributed by atoms with E-state index in [1.165, 1.54) is 12.3 Å². The van der Waals surface area contributed by atoms with Crippen LogP contribution in [0.25, 0.3) is 0 Å². The van der Waals surface area contributed by atoms with Gasteiger partial charge in [0.1, 0.15) is 0 Å². The fourth-order valence-corrected chi connectivity index (χ4v) is 5.49. The van der Waals surface area contributed by atoms with E-state index in [0.29, 0.717) is 74.3 Å².